The number of rotatable bonds is 4. The van der Waals surface area contributed by atoms with Gasteiger partial charge in [0.25, 0.3) is 0 Å². The molecule has 0 saturated heterocycles. The smallest absolute Gasteiger partial charge is 0.190 e. The molecule has 0 radical (unpaired) electrons. The lowest BCUT2D eigenvalue weighted by Gasteiger charge is -2.03. The Bertz CT molecular complexity index is 368. The van der Waals surface area contributed by atoms with Gasteiger partial charge in [0.1, 0.15) is 6.17 Å². The molecule has 15 heavy (non-hydrogen) atoms. The maximum Gasteiger partial charge on any atom is 0.190 e. The van der Waals surface area contributed by atoms with E-state index in [0.717, 1.165) is 11.8 Å². The molecule has 0 amide bonds. The summed E-state index contributed by atoms with van der Waals surface area (Å²) in [5.74, 6) is -0.155. The van der Waals surface area contributed by atoms with Crippen LogP contribution in [0.1, 0.15) is 16.8 Å². The molecule has 1 aliphatic carbocycles. The minimum atomic E-state index is -1.80. The number of hydrogen-bond donors (Lipinski definition) is 0. The molecule has 4 heteroatoms. The van der Waals surface area contributed by atoms with Gasteiger partial charge in [-0.2, -0.15) is 0 Å². The first-order chi connectivity index (χ1) is 7.12. The maximum atomic E-state index is 13.2. The number of carbonyl (C=O) groups is 1. The predicted molar refractivity (Wildman–Crippen MR) is 56.6 cm³/mol. The minimum Gasteiger partial charge on any atom is -0.293 e. The molecule has 1 nitrogen and oxygen atoms in total. The summed E-state index contributed by atoms with van der Waals surface area (Å²) in [7, 11) is 0. The number of halogens is 2. The van der Waals surface area contributed by atoms with E-state index < -0.39 is 11.2 Å². The molecule has 2 rings (SSSR count). The number of alkyl halides is 2. The van der Waals surface area contributed by atoms with Crippen molar-refractivity contribution in [2.45, 2.75) is 17.6 Å². The molecular weight excluding hydrogens is 218 g/mol. The van der Waals surface area contributed by atoms with E-state index in [2.05, 4.69) is 0 Å². The van der Waals surface area contributed by atoms with Gasteiger partial charge >= 0.3 is 0 Å². The van der Waals surface area contributed by atoms with Crippen LogP contribution in [0, 0.1) is 0 Å². The largest absolute Gasteiger partial charge is 0.293 e. The van der Waals surface area contributed by atoms with Crippen LogP contribution in [0.25, 0.3) is 0 Å². The lowest BCUT2D eigenvalue weighted by atomic mass is 10.2. The fraction of sp³-hybridized carbons (Fsp3) is 0.364. The van der Waals surface area contributed by atoms with Crippen molar-refractivity contribution < 1.29 is 13.6 Å². The van der Waals surface area contributed by atoms with Crippen molar-refractivity contribution in [3.8, 4) is 0 Å². The summed E-state index contributed by atoms with van der Waals surface area (Å²) >= 11 is 0.765. The Morgan fingerprint density at radius 1 is 1.47 bits per heavy atom. The number of thioether (sulfide) groups is 1. The van der Waals surface area contributed by atoms with E-state index in [4.69, 9.17) is 0 Å². The molecule has 1 aromatic carbocycles. The summed E-state index contributed by atoms with van der Waals surface area (Å²) in [6.45, 7) is 0. The van der Waals surface area contributed by atoms with Crippen LogP contribution in [0.15, 0.2) is 30.3 Å². The Morgan fingerprint density at radius 3 is 2.60 bits per heavy atom. The Labute approximate surface area is 90.9 Å². The highest BCUT2D eigenvalue weighted by molar-refractivity contribution is 8.01. The minimum absolute atomic E-state index is 0.000926. The van der Waals surface area contributed by atoms with Gasteiger partial charge in [0.05, 0.1) is 5.75 Å². The van der Waals surface area contributed by atoms with Crippen molar-refractivity contribution in [3.63, 3.8) is 0 Å². The Hall–Kier alpha value is -0.900. The van der Waals surface area contributed by atoms with E-state index in [-0.39, 0.29) is 18.0 Å². The summed E-state index contributed by atoms with van der Waals surface area (Å²) in [5, 5.41) is -1.80. The Balaban J connectivity index is 1.89. The lowest BCUT2D eigenvalue weighted by molar-refractivity contribution is 0.102. The van der Waals surface area contributed by atoms with E-state index in [1.54, 1.807) is 30.3 Å². The van der Waals surface area contributed by atoms with Crippen molar-refractivity contribution in [1.82, 2.24) is 0 Å². The van der Waals surface area contributed by atoms with E-state index >= 15 is 0 Å². The molecule has 80 valence electrons. The zero-order valence-corrected chi connectivity index (χ0v) is 8.77. The Morgan fingerprint density at radius 2 is 2.07 bits per heavy atom. The predicted octanol–water partition coefficient (Wildman–Crippen LogP) is 3.01. The molecule has 0 heterocycles. The molecule has 0 aromatic heterocycles. The molecule has 2 unspecified atom stereocenters. The fourth-order valence-corrected chi connectivity index (χ4v) is 2.21. The van der Waals surface area contributed by atoms with Gasteiger partial charge in [-0.15, -0.1) is 11.8 Å². The SMILES string of the molecule is O=C(CSC1(F)CC1F)c1ccccc1. The number of Topliss-reactive ketones (excluding diaryl/α,β-unsaturated/α-hetero) is 1. The van der Waals surface area contributed by atoms with Crippen LogP contribution in [0.4, 0.5) is 8.78 Å². The molecule has 0 spiro atoms. The highest BCUT2D eigenvalue weighted by atomic mass is 32.2. The van der Waals surface area contributed by atoms with Crippen molar-refractivity contribution in [3.05, 3.63) is 35.9 Å². The first kappa shape index (κ1) is 10.6. The molecule has 1 aliphatic rings. The molecule has 0 aliphatic heterocycles. The lowest BCUT2D eigenvalue weighted by Crippen LogP contribution is -2.07. The van der Waals surface area contributed by atoms with E-state index in [1.165, 1.54) is 0 Å². The molecule has 0 N–H and O–H groups in total. The zero-order chi connectivity index (χ0) is 10.9. The number of benzene rings is 1. The third kappa shape index (κ3) is 2.37. The Kier molecular flexibility index (Phi) is 2.78. The highest BCUT2D eigenvalue weighted by Crippen LogP contribution is 2.52. The van der Waals surface area contributed by atoms with Gasteiger partial charge in [0, 0.05) is 12.0 Å². The van der Waals surface area contributed by atoms with Gasteiger partial charge in [0.2, 0.25) is 0 Å². The summed E-state index contributed by atoms with van der Waals surface area (Å²) in [4.78, 5) is 11.5. The molecule has 2 atom stereocenters. The first-order valence-electron chi connectivity index (χ1n) is 4.67. The molecular formula is C11H10F2OS. The molecule has 1 fully saturated rings. The van der Waals surface area contributed by atoms with Crippen molar-refractivity contribution in [2.75, 3.05) is 5.75 Å². The van der Waals surface area contributed by atoms with Gasteiger partial charge in [-0.25, -0.2) is 8.78 Å². The third-order valence-electron chi connectivity index (χ3n) is 2.30. The van der Waals surface area contributed by atoms with Gasteiger partial charge in [-0.1, -0.05) is 30.3 Å². The first-order valence-corrected chi connectivity index (χ1v) is 5.65. The second kappa shape index (κ2) is 3.93. The standard InChI is InChI=1S/C11H10F2OS/c12-10-6-11(10,13)15-7-9(14)8-4-2-1-3-5-8/h1-5,10H,6-7H2. The molecule has 1 saturated carbocycles. The highest BCUT2D eigenvalue weighted by Gasteiger charge is 2.57. The van der Waals surface area contributed by atoms with Gasteiger partial charge in [0.15, 0.2) is 10.8 Å². The second-order valence-electron chi connectivity index (χ2n) is 3.54. The van der Waals surface area contributed by atoms with E-state index in [1.807, 2.05) is 0 Å². The number of carbonyl (C=O) groups excluding carboxylic acids is 1. The van der Waals surface area contributed by atoms with E-state index in [0.29, 0.717) is 5.56 Å². The van der Waals surface area contributed by atoms with Crippen LogP contribution >= 0.6 is 11.8 Å². The van der Waals surface area contributed by atoms with Crippen molar-refractivity contribution >= 4 is 17.5 Å². The second-order valence-corrected chi connectivity index (χ2v) is 4.79. The summed E-state index contributed by atoms with van der Waals surface area (Å²) in [5.41, 5.74) is 0.546. The normalized spacial score (nSPS) is 28.8. The monoisotopic (exact) mass is 228 g/mol. The molecule has 0 bridgehead atoms. The maximum absolute atomic E-state index is 13.2. The van der Waals surface area contributed by atoms with Gasteiger partial charge < -0.3 is 0 Å². The van der Waals surface area contributed by atoms with E-state index in [9.17, 15) is 13.6 Å². The van der Waals surface area contributed by atoms with Crippen LogP contribution in [0.3, 0.4) is 0 Å². The fourth-order valence-electron chi connectivity index (χ4n) is 1.23. The number of ketones is 1. The van der Waals surface area contributed by atoms with Crippen LogP contribution in [-0.2, 0) is 0 Å². The summed E-state index contributed by atoms with van der Waals surface area (Å²) in [6.07, 6.45) is -1.48. The van der Waals surface area contributed by atoms with Crippen LogP contribution in [-0.4, -0.2) is 22.7 Å². The average Bonchev–Trinajstić information content (AvgIpc) is 2.85. The molecule has 1 aromatic rings. The van der Waals surface area contributed by atoms with Gasteiger partial charge in [-0.05, 0) is 0 Å². The van der Waals surface area contributed by atoms with Crippen LogP contribution in [0.5, 0.6) is 0 Å². The topological polar surface area (TPSA) is 17.1 Å². The van der Waals surface area contributed by atoms with Crippen molar-refractivity contribution in [2.24, 2.45) is 0 Å². The quantitative estimate of drug-likeness (QED) is 0.737. The van der Waals surface area contributed by atoms with Gasteiger partial charge in [-0.3, -0.25) is 4.79 Å². The van der Waals surface area contributed by atoms with Crippen LogP contribution < -0.4 is 0 Å². The van der Waals surface area contributed by atoms with Crippen LogP contribution in [0.2, 0.25) is 0 Å². The van der Waals surface area contributed by atoms with Crippen molar-refractivity contribution in [1.29, 1.82) is 0 Å². The summed E-state index contributed by atoms with van der Waals surface area (Å²) in [6, 6.07) is 8.65. The zero-order valence-electron chi connectivity index (χ0n) is 7.95. The number of hydrogen-bond acceptors (Lipinski definition) is 2. The third-order valence-corrected chi connectivity index (χ3v) is 3.61. The average molecular weight is 228 g/mol. The summed E-state index contributed by atoms with van der Waals surface area (Å²) < 4.78 is 25.7.